The predicted molar refractivity (Wildman–Crippen MR) is 97.2 cm³/mol. The summed E-state index contributed by atoms with van der Waals surface area (Å²) in [7, 11) is 1.90. The fraction of sp³-hybridized carbons (Fsp3) is 0.333. The third-order valence-electron chi connectivity index (χ3n) is 4.84. The van der Waals surface area contributed by atoms with E-state index in [1.54, 1.807) is 23.1 Å². The molecule has 2 amide bonds. The van der Waals surface area contributed by atoms with Crippen LogP contribution < -0.4 is 11.1 Å². The van der Waals surface area contributed by atoms with Crippen molar-refractivity contribution in [2.24, 2.45) is 5.73 Å². The largest absolute Gasteiger partial charge is 0.463 e. The summed E-state index contributed by atoms with van der Waals surface area (Å²) in [5.41, 5.74) is 6.48. The summed E-state index contributed by atoms with van der Waals surface area (Å²) >= 11 is 0. The highest BCUT2D eigenvalue weighted by atomic mass is 16.3. The number of likely N-dealkylation sites (tertiary alicyclic amines) is 1. The first-order chi connectivity index (χ1) is 13.1. The molecule has 3 aromatic rings. The number of hydrogen-bond acceptors (Lipinski definition) is 6. The number of carbonyl (C=O) groups excluding carboxylic acids is 2. The number of likely N-dealkylation sites (N-methyl/N-ethyl adjacent to an activating group) is 1. The minimum Gasteiger partial charge on any atom is -0.463 e. The van der Waals surface area contributed by atoms with Gasteiger partial charge in [-0.25, -0.2) is 9.97 Å². The third kappa shape index (κ3) is 3.06. The van der Waals surface area contributed by atoms with Crippen molar-refractivity contribution in [2.75, 3.05) is 20.1 Å². The van der Waals surface area contributed by atoms with Crippen molar-refractivity contribution in [1.29, 1.82) is 0 Å². The molecule has 9 nitrogen and oxygen atoms in total. The second-order valence-corrected chi connectivity index (χ2v) is 6.53. The van der Waals surface area contributed by atoms with E-state index in [0.29, 0.717) is 30.2 Å². The monoisotopic (exact) mass is 368 g/mol. The summed E-state index contributed by atoms with van der Waals surface area (Å²) in [5.74, 6) is -0.355. The van der Waals surface area contributed by atoms with E-state index in [4.69, 9.17) is 10.2 Å². The van der Waals surface area contributed by atoms with Crippen LogP contribution in [-0.2, 0) is 0 Å². The molecule has 4 rings (SSSR count). The first kappa shape index (κ1) is 17.2. The molecule has 3 N–H and O–H groups in total. The Morgan fingerprint density at radius 3 is 2.96 bits per heavy atom. The number of primary amides is 1. The maximum Gasteiger partial charge on any atom is 0.271 e. The maximum atomic E-state index is 13.3. The molecule has 1 aliphatic rings. The van der Waals surface area contributed by atoms with E-state index in [9.17, 15) is 9.59 Å². The molecule has 1 saturated heterocycles. The molecule has 1 atom stereocenters. The van der Waals surface area contributed by atoms with Crippen LogP contribution in [0.5, 0.6) is 0 Å². The quantitative estimate of drug-likeness (QED) is 0.707. The number of amides is 2. The molecule has 4 heterocycles. The highest BCUT2D eigenvalue weighted by molar-refractivity contribution is 5.99. The smallest absolute Gasteiger partial charge is 0.271 e. The van der Waals surface area contributed by atoms with Crippen molar-refractivity contribution in [3.05, 3.63) is 42.2 Å². The Morgan fingerprint density at radius 2 is 2.26 bits per heavy atom. The Bertz CT molecular complexity index is 994. The highest BCUT2D eigenvalue weighted by Gasteiger charge is 2.27. The number of hydrogen-bond donors (Lipinski definition) is 2. The molecule has 0 saturated carbocycles. The van der Waals surface area contributed by atoms with E-state index in [-0.39, 0.29) is 23.3 Å². The van der Waals surface area contributed by atoms with Crippen molar-refractivity contribution in [2.45, 2.75) is 18.9 Å². The number of rotatable bonds is 4. The number of aromatic nitrogens is 3. The van der Waals surface area contributed by atoms with Gasteiger partial charge in [-0.3, -0.25) is 14.0 Å². The molecular formula is C18H20N6O3. The van der Waals surface area contributed by atoms with Crippen molar-refractivity contribution in [3.63, 3.8) is 0 Å². The minimum absolute atomic E-state index is 0.0178. The molecule has 0 aliphatic carbocycles. The number of nitrogens with two attached hydrogens (primary N) is 1. The van der Waals surface area contributed by atoms with Crippen LogP contribution in [0.1, 0.15) is 33.8 Å². The Hall–Kier alpha value is -3.20. The summed E-state index contributed by atoms with van der Waals surface area (Å²) in [6.07, 6.45) is 4.88. The van der Waals surface area contributed by atoms with Gasteiger partial charge in [-0.1, -0.05) is 0 Å². The van der Waals surface area contributed by atoms with Crippen LogP contribution in [0.4, 0.5) is 0 Å². The van der Waals surface area contributed by atoms with Gasteiger partial charge in [0.15, 0.2) is 17.1 Å². The van der Waals surface area contributed by atoms with Gasteiger partial charge in [0.1, 0.15) is 17.7 Å². The average molecular weight is 368 g/mol. The highest BCUT2D eigenvalue weighted by Crippen LogP contribution is 2.23. The Balaban J connectivity index is 1.83. The van der Waals surface area contributed by atoms with E-state index in [0.717, 1.165) is 12.8 Å². The third-order valence-corrected chi connectivity index (χ3v) is 4.84. The van der Waals surface area contributed by atoms with E-state index in [2.05, 4.69) is 15.3 Å². The molecule has 1 aliphatic heterocycles. The average Bonchev–Trinajstić information content (AvgIpc) is 3.36. The van der Waals surface area contributed by atoms with Crippen LogP contribution in [0.2, 0.25) is 0 Å². The van der Waals surface area contributed by atoms with Crippen molar-refractivity contribution in [3.8, 4) is 11.5 Å². The Morgan fingerprint density at radius 1 is 1.41 bits per heavy atom. The molecule has 0 bridgehead atoms. The zero-order valence-electron chi connectivity index (χ0n) is 14.9. The van der Waals surface area contributed by atoms with Gasteiger partial charge in [-0.15, -0.1) is 0 Å². The first-order valence-corrected chi connectivity index (χ1v) is 8.77. The summed E-state index contributed by atoms with van der Waals surface area (Å²) in [6.45, 7) is 1.29. The molecule has 0 aromatic carbocycles. The Kier molecular flexibility index (Phi) is 4.36. The number of imidazole rings is 1. The zero-order chi connectivity index (χ0) is 19.0. The summed E-state index contributed by atoms with van der Waals surface area (Å²) in [5, 5.41) is 3.23. The summed E-state index contributed by atoms with van der Waals surface area (Å²) in [4.78, 5) is 35.3. The molecule has 27 heavy (non-hydrogen) atoms. The lowest BCUT2D eigenvalue weighted by Gasteiger charge is -2.32. The normalized spacial score (nSPS) is 17.4. The SMILES string of the molecule is CNC1CCCN(C(=O)c2cc(-c3ccco3)nc3c(C(N)=O)ncn23)C1. The second kappa shape index (κ2) is 6.84. The van der Waals surface area contributed by atoms with Gasteiger partial charge in [0.05, 0.1) is 6.26 Å². The maximum absolute atomic E-state index is 13.3. The van der Waals surface area contributed by atoms with Crippen LogP contribution in [-0.4, -0.2) is 57.3 Å². The number of carbonyl (C=O) groups is 2. The number of fused-ring (bicyclic) bond motifs is 1. The van der Waals surface area contributed by atoms with E-state index >= 15 is 0 Å². The molecule has 0 spiro atoms. The molecule has 0 radical (unpaired) electrons. The fourth-order valence-corrected chi connectivity index (χ4v) is 3.42. The summed E-state index contributed by atoms with van der Waals surface area (Å²) in [6, 6.07) is 5.39. The number of piperidine rings is 1. The second-order valence-electron chi connectivity index (χ2n) is 6.53. The zero-order valence-corrected chi connectivity index (χ0v) is 14.9. The number of nitrogens with zero attached hydrogens (tertiary/aromatic N) is 4. The lowest BCUT2D eigenvalue weighted by atomic mass is 10.1. The van der Waals surface area contributed by atoms with Gasteiger partial charge < -0.3 is 20.4 Å². The standard InChI is InChI=1S/C18H20N6O3/c1-20-11-4-2-6-23(9-11)18(26)13-8-12(14-5-3-7-27-14)22-17-15(16(19)25)21-10-24(13)17/h3,5,7-8,10-11,20H,2,4,6,9H2,1H3,(H2,19,25). The van der Waals surface area contributed by atoms with E-state index in [1.807, 2.05) is 7.05 Å². The molecule has 3 aromatic heterocycles. The lowest BCUT2D eigenvalue weighted by molar-refractivity contribution is 0.0690. The van der Waals surface area contributed by atoms with Crippen molar-refractivity contribution in [1.82, 2.24) is 24.6 Å². The van der Waals surface area contributed by atoms with Gasteiger partial charge in [-0.05, 0) is 38.1 Å². The van der Waals surface area contributed by atoms with Crippen LogP contribution in [0.25, 0.3) is 17.1 Å². The van der Waals surface area contributed by atoms with Gasteiger partial charge in [0, 0.05) is 19.1 Å². The van der Waals surface area contributed by atoms with Gasteiger partial charge in [0.25, 0.3) is 11.8 Å². The first-order valence-electron chi connectivity index (χ1n) is 8.77. The van der Waals surface area contributed by atoms with Crippen LogP contribution in [0.3, 0.4) is 0 Å². The Labute approximate surface area is 155 Å². The van der Waals surface area contributed by atoms with Crippen molar-refractivity contribution >= 4 is 17.5 Å². The van der Waals surface area contributed by atoms with Crippen LogP contribution >= 0.6 is 0 Å². The molecule has 9 heteroatoms. The van der Waals surface area contributed by atoms with Gasteiger partial charge >= 0.3 is 0 Å². The molecule has 140 valence electrons. The fourth-order valence-electron chi connectivity index (χ4n) is 3.42. The predicted octanol–water partition coefficient (Wildman–Crippen LogP) is 0.912. The number of nitrogens with one attached hydrogen (secondary N) is 1. The van der Waals surface area contributed by atoms with Crippen LogP contribution in [0.15, 0.2) is 35.2 Å². The number of furan rings is 1. The molecular weight excluding hydrogens is 348 g/mol. The molecule has 1 fully saturated rings. The topological polar surface area (TPSA) is 119 Å². The molecule has 1 unspecified atom stereocenters. The van der Waals surface area contributed by atoms with Gasteiger partial charge in [-0.2, -0.15) is 0 Å². The summed E-state index contributed by atoms with van der Waals surface area (Å²) < 4.78 is 6.93. The van der Waals surface area contributed by atoms with Gasteiger partial charge in [0.2, 0.25) is 0 Å². The lowest BCUT2D eigenvalue weighted by Crippen LogP contribution is -2.47. The van der Waals surface area contributed by atoms with E-state index in [1.165, 1.54) is 17.0 Å². The van der Waals surface area contributed by atoms with E-state index < -0.39 is 5.91 Å². The van der Waals surface area contributed by atoms with Crippen molar-refractivity contribution < 1.29 is 14.0 Å². The van der Waals surface area contributed by atoms with Crippen LogP contribution in [0, 0.1) is 0 Å². The minimum atomic E-state index is -0.701.